The molecule has 1 aliphatic rings. The minimum absolute atomic E-state index is 0.175. The van der Waals surface area contributed by atoms with Gasteiger partial charge in [0, 0.05) is 44.7 Å². The van der Waals surface area contributed by atoms with Crippen molar-refractivity contribution in [2.45, 2.75) is 25.8 Å². The molecule has 0 atom stereocenters. The third-order valence-electron chi connectivity index (χ3n) is 4.29. The van der Waals surface area contributed by atoms with Crippen LogP contribution in [0, 0.1) is 11.3 Å². The highest BCUT2D eigenvalue weighted by molar-refractivity contribution is 6.02. The first-order chi connectivity index (χ1) is 10.1. The summed E-state index contributed by atoms with van der Waals surface area (Å²) < 4.78 is 0. The minimum Gasteiger partial charge on any atom is -0.300 e. The van der Waals surface area contributed by atoms with Crippen LogP contribution >= 0.6 is 0 Å². The van der Waals surface area contributed by atoms with Gasteiger partial charge >= 0.3 is 0 Å². The molecule has 4 nitrogen and oxygen atoms in total. The molecule has 0 bridgehead atoms. The molecule has 1 heterocycles. The molecule has 2 rings (SSSR count). The largest absolute Gasteiger partial charge is 0.300 e. The Kier molecular flexibility index (Phi) is 5.11. The zero-order valence-corrected chi connectivity index (χ0v) is 12.9. The Morgan fingerprint density at radius 2 is 1.81 bits per heavy atom. The average molecular weight is 285 g/mol. The fourth-order valence-corrected chi connectivity index (χ4v) is 2.82. The molecule has 0 aromatic heterocycles. The van der Waals surface area contributed by atoms with Gasteiger partial charge in [0.1, 0.15) is 0 Å². The lowest BCUT2D eigenvalue weighted by atomic mass is 9.90. The molecule has 1 fully saturated rings. The fourth-order valence-electron chi connectivity index (χ4n) is 2.82. The van der Waals surface area contributed by atoms with Crippen molar-refractivity contribution in [2.24, 2.45) is 0 Å². The van der Waals surface area contributed by atoms with Crippen LogP contribution in [0.1, 0.15) is 30.6 Å². The van der Waals surface area contributed by atoms with Crippen molar-refractivity contribution >= 4 is 5.78 Å². The van der Waals surface area contributed by atoms with Crippen molar-refractivity contribution in [1.29, 1.82) is 5.26 Å². The first-order valence-electron chi connectivity index (χ1n) is 7.50. The van der Waals surface area contributed by atoms with Crippen LogP contribution < -0.4 is 0 Å². The van der Waals surface area contributed by atoms with E-state index < -0.39 is 5.54 Å². The molecule has 21 heavy (non-hydrogen) atoms. The average Bonchev–Trinajstić information content (AvgIpc) is 2.53. The van der Waals surface area contributed by atoms with Crippen LogP contribution in [-0.2, 0) is 0 Å². The van der Waals surface area contributed by atoms with E-state index in [0.717, 1.165) is 38.3 Å². The lowest BCUT2D eigenvalue weighted by Gasteiger charge is -2.43. The third kappa shape index (κ3) is 3.69. The standard InChI is InChI=1S/C17H23N3O/c1-17(2,16(21)15-7-4-3-5-8-15)20-13-11-19(12-14-20)10-6-9-18/h3-5,7-8H,6,10-14H2,1-2H3. The van der Waals surface area contributed by atoms with Crippen molar-refractivity contribution in [3.8, 4) is 6.07 Å². The Bertz CT molecular complexity index is 511. The van der Waals surface area contributed by atoms with Gasteiger partial charge in [0.15, 0.2) is 5.78 Å². The Morgan fingerprint density at radius 1 is 1.19 bits per heavy atom. The van der Waals surface area contributed by atoms with Crippen LogP contribution in [0.25, 0.3) is 0 Å². The van der Waals surface area contributed by atoms with Crippen molar-refractivity contribution in [3.05, 3.63) is 35.9 Å². The maximum atomic E-state index is 12.7. The van der Waals surface area contributed by atoms with Crippen molar-refractivity contribution in [2.75, 3.05) is 32.7 Å². The zero-order chi connectivity index (χ0) is 15.3. The smallest absolute Gasteiger partial charge is 0.182 e. The van der Waals surface area contributed by atoms with Gasteiger partial charge in [-0.15, -0.1) is 0 Å². The Balaban J connectivity index is 1.98. The second-order valence-electron chi connectivity index (χ2n) is 5.99. The molecule has 0 saturated carbocycles. The molecule has 1 aromatic rings. The summed E-state index contributed by atoms with van der Waals surface area (Å²) >= 11 is 0. The molecule has 0 amide bonds. The van der Waals surface area contributed by atoms with Gasteiger partial charge in [-0.3, -0.25) is 14.6 Å². The number of nitrogens with zero attached hydrogens (tertiary/aromatic N) is 3. The summed E-state index contributed by atoms with van der Waals surface area (Å²) in [5.74, 6) is 0.175. The number of ketones is 1. The summed E-state index contributed by atoms with van der Waals surface area (Å²) in [6.07, 6.45) is 0.576. The summed E-state index contributed by atoms with van der Waals surface area (Å²) in [5.41, 5.74) is 0.289. The number of hydrogen-bond acceptors (Lipinski definition) is 4. The molecule has 0 unspecified atom stereocenters. The number of Topliss-reactive ketones (excluding diaryl/α,β-unsaturated/α-hetero) is 1. The van der Waals surface area contributed by atoms with E-state index in [4.69, 9.17) is 5.26 Å². The zero-order valence-electron chi connectivity index (χ0n) is 12.9. The molecule has 0 aliphatic carbocycles. The lowest BCUT2D eigenvalue weighted by molar-refractivity contribution is 0.0420. The summed E-state index contributed by atoms with van der Waals surface area (Å²) in [6, 6.07) is 11.7. The number of carbonyl (C=O) groups is 1. The van der Waals surface area contributed by atoms with E-state index in [1.165, 1.54) is 0 Å². The highest BCUT2D eigenvalue weighted by Gasteiger charge is 2.36. The van der Waals surface area contributed by atoms with Crippen LogP contribution in [0.4, 0.5) is 0 Å². The molecular weight excluding hydrogens is 262 g/mol. The van der Waals surface area contributed by atoms with Gasteiger partial charge in [0.05, 0.1) is 11.6 Å². The van der Waals surface area contributed by atoms with Crippen LogP contribution in [0.15, 0.2) is 30.3 Å². The number of piperazine rings is 1. The first-order valence-corrected chi connectivity index (χ1v) is 7.50. The SMILES string of the molecule is CC(C)(C(=O)c1ccccc1)N1CCN(CCC#N)CC1. The van der Waals surface area contributed by atoms with Gasteiger partial charge in [-0.2, -0.15) is 5.26 Å². The summed E-state index contributed by atoms with van der Waals surface area (Å²) in [7, 11) is 0. The number of hydrogen-bond donors (Lipinski definition) is 0. The van der Waals surface area contributed by atoms with Gasteiger partial charge in [0.25, 0.3) is 0 Å². The molecule has 1 saturated heterocycles. The van der Waals surface area contributed by atoms with Gasteiger partial charge in [-0.05, 0) is 13.8 Å². The summed E-state index contributed by atoms with van der Waals surface area (Å²) in [6.45, 7) is 8.44. The van der Waals surface area contributed by atoms with E-state index in [1.807, 2.05) is 44.2 Å². The van der Waals surface area contributed by atoms with Gasteiger partial charge in [-0.25, -0.2) is 0 Å². The maximum Gasteiger partial charge on any atom is 0.182 e. The van der Waals surface area contributed by atoms with E-state index in [9.17, 15) is 4.79 Å². The monoisotopic (exact) mass is 285 g/mol. The van der Waals surface area contributed by atoms with Crippen molar-refractivity contribution < 1.29 is 4.79 Å². The maximum absolute atomic E-state index is 12.7. The van der Waals surface area contributed by atoms with E-state index in [0.29, 0.717) is 6.42 Å². The van der Waals surface area contributed by atoms with Gasteiger partial charge in [-0.1, -0.05) is 30.3 Å². The molecule has 1 aliphatic heterocycles. The quantitative estimate of drug-likeness (QED) is 0.778. The minimum atomic E-state index is -0.483. The lowest BCUT2D eigenvalue weighted by Crippen LogP contribution is -2.57. The Hall–Kier alpha value is -1.70. The van der Waals surface area contributed by atoms with Gasteiger partial charge in [0.2, 0.25) is 0 Å². The van der Waals surface area contributed by atoms with E-state index in [2.05, 4.69) is 15.9 Å². The highest BCUT2D eigenvalue weighted by atomic mass is 16.1. The molecule has 112 valence electrons. The number of benzene rings is 1. The predicted octanol–water partition coefficient (Wildman–Crippen LogP) is 2.18. The topological polar surface area (TPSA) is 47.3 Å². The Labute approximate surface area is 127 Å². The number of rotatable bonds is 5. The van der Waals surface area contributed by atoms with E-state index in [-0.39, 0.29) is 5.78 Å². The predicted molar refractivity (Wildman–Crippen MR) is 83.1 cm³/mol. The Morgan fingerprint density at radius 3 is 2.38 bits per heavy atom. The van der Waals surface area contributed by atoms with Crippen molar-refractivity contribution in [3.63, 3.8) is 0 Å². The van der Waals surface area contributed by atoms with Crippen LogP contribution in [0.2, 0.25) is 0 Å². The van der Waals surface area contributed by atoms with Gasteiger partial charge < -0.3 is 0 Å². The highest BCUT2D eigenvalue weighted by Crippen LogP contribution is 2.22. The second kappa shape index (κ2) is 6.84. The fraction of sp³-hybridized carbons (Fsp3) is 0.529. The normalized spacial score (nSPS) is 17.4. The third-order valence-corrected chi connectivity index (χ3v) is 4.29. The molecule has 0 spiro atoms. The summed E-state index contributed by atoms with van der Waals surface area (Å²) in [5, 5.41) is 8.65. The van der Waals surface area contributed by atoms with E-state index in [1.54, 1.807) is 0 Å². The molecule has 0 N–H and O–H groups in total. The van der Waals surface area contributed by atoms with Crippen LogP contribution in [0.3, 0.4) is 0 Å². The summed E-state index contributed by atoms with van der Waals surface area (Å²) in [4.78, 5) is 17.3. The number of carbonyl (C=O) groups excluding carboxylic acids is 1. The van der Waals surface area contributed by atoms with Crippen LogP contribution in [-0.4, -0.2) is 53.8 Å². The first kappa shape index (κ1) is 15.7. The second-order valence-corrected chi connectivity index (χ2v) is 5.99. The molecule has 1 aromatic carbocycles. The van der Waals surface area contributed by atoms with Crippen LogP contribution in [0.5, 0.6) is 0 Å². The van der Waals surface area contributed by atoms with Crippen molar-refractivity contribution in [1.82, 2.24) is 9.80 Å². The molecular formula is C17H23N3O. The molecule has 0 radical (unpaired) electrons. The number of nitriles is 1. The van der Waals surface area contributed by atoms with E-state index >= 15 is 0 Å². The molecule has 4 heteroatoms.